The molecule has 1 amide bonds. The predicted octanol–water partition coefficient (Wildman–Crippen LogP) is 1.98. The fourth-order valence-corrected chi connectivity index (χ4v) is 2.65. The number of amides is 1. The fraction of sp³-hybridized carbons (Fsp3) is 0.533. The van der Waals surface area contributed by atoms with Crippen LogP contribution in [0.15, 0.2) is 24.3 Å². The highest BCUT2D eigenvalue weighted by molar-refractivity contribution is 6.30. The van der Waals surface area contributed by atoms with Crippen LogP contribution in [0.3, 0.4) is 0 Å². The Balaban J connectivity index is 2.09. The van der Waals surface area contributed by atoms with E-state index in [2.05, 4.69) is 26.9 Å². The number of piperazine rings is 1. The number of benzene rings is 1. The van der Waals surface area contributed by atoms with E-state index in [0.29, 0.717) is 6.54 Å². The van der Waals surface area contributed by atoms with Gasteiger partial charge in [0.15, 0.2) is 0 Å². The Morgan fingerprint density at radius 2 is 1.90 bits per heavy atom. The lowest BCUT2D eigenvalue weighted by molar-refractivity contribution is 0.107. The standard InChI is InChI=1S/C15H22ClN3O2/c1-18-7-9-19(10-8-18)14(11-17-15(20)21-2)12-3-5-13(16)6-4-12/h3-6,14H,7-11H2,1-2H3,(H,17,20). The van der Waals surface area contributed by atoms with Crippen molar-refractivity contribution in [1.82, 2.24) is 15.1 Å². The maximum Gasteiger partial charge on any atom is 0.406 e. The lowest BCUT2D eigenvalue weighted by atomic mass is 10.0. The molecule has 1 aromatic carbocycles. The first kappa shape index (κ1) is 16.1. The van der Waals surface area contributed by atoms with E-state index in [0.717, 1.165) is 36.8 Å². The van der Waals surface area contributed by atoms with Crippen molar-refractivity contribution in [2.24, 2.45) is 0 Å². The molecule has 116 valence electrons. The Labute approximate surface area is 130 Å². The molecule has 21 heavy (non-hydrogen) atoms. The van der Waals surface area contributed by atoms with Crippen LogP contribution in [-0.2, 0) is 4.74 Å². The fourth-order valence-electron chi connectivity index (χ4n) is 2.53. The van der Waals surface area contributed by atoms with Crippen molar-refractivity contribution in [3.63, 3.8) is 0 Å². The smallest absolute Gasteiger partial charge is 0.406 e. The number of alkyl carbamates (subject to hydrolysis) is 1. The van der Waals surface area contributed by atoms with E-state index in [9.17, 15) is 4.79 Å². The van der Waals surface area contributed by atoms with Gasteiger partial charge in [-0.05, 0) is 24.7 Å². The number of ether oxygens (including phenoxy) is 1. The zero-order valence-electron chi connectivity index (χ0n) is 12.5. The SMILES string of the molecule is COC(=O)NCC(c1ccc(Cl)cc1)N1CCN(C)CC1. The number of rotatable bonds is 4. The van der Waals surface area contributed by atoms with Crippen LogP contribution < -0.4 is 5.32 Å². The highest BCUT2D eigenvalue weighted by Crippen LogP contribution is 2.23. The minimum absolute atomic E-state index is 0.134. The Kier molecular flexibility index (Phi) is 5.85. The summed E-state index contributed by atoms with van der Waals surface area (Å²) in [5.74, 6) is 0. The third-order valence-electron chi connectivity index (χ3n) is 3.86. The number of nitrogens with zero attached hydrogens (tertiary/aromatic N) is 2. The number of carbonyl (C=O) groups is 1. The molecule has 0 aromatic heterocycles. The van der Waals surface area contributed by atoms with Crippen molar-refractivity contribution in [1.29, 1.82) is 0 Å². The zero-order valence-corrected chi connectivity index (χ0v) is 13.3. The molecule has 1 heterocycles. The highest BCUT2D eigenvalue weighted by Gasteiger charge is 2.24. The third-order valence-corrected chi connectivity index (χ3v) is 4.11. The van der Waals surface area contributed by atoms with Gasteiger partial charge in [-0.3, -0.25) is 4.90 Å². The second kappa shape index (κ2) is 7.64. The second-order valence-electron chi connectivity index (χ2n) is 5.28. The van der Waals surface area contributed by atoms with Gasteiger partial charge in [-0.2, -0.15) is 0 Å². The molecule has 1 unspecified atom stereocenters. The summed E-state index contributed by atoms with van der Waals surface area (Å²) in [5, 5.41) is 3.52. The van der Waals surface area contributed by atoms with Crippen molar-refractivity contribution < 1.29 is 9.53 Å². The first-order valence-corrected chi connectivity index (χ1v) is 7.48. The van der Waals surface area contributed by atoms with Crippen LogP contribution >= 0.6 is 11.6 Å². The molecule has 1 N–H and O–H groups in total. The van der Waals surface area contributed by atoms with Gasteiger partial charge in [0.25, 0.3) is 0 Å². The van der Waals surface area contributed by atoms with Crippen molar-refractivity contribution >= 4 is 17.7 Å². The van der Waals surface area contributed by atoms with Crippen LogP contribution in [-0.4, -0.2) is 62.8 Å². The third kappa shape index (κ3) is 4.59. The maximum absolute atomic E-state index is 11.4. The van der Waals surface area contributed by atoms with Crippen LogP contribution in [0.5, 0.6) is 0 Å². The Morgan fingerprint density at radius 3 is 2.48 bits per heavy atom. The largest absolute Gasteiger partial charge is 0.453 e. The summed E-state index contributed by atoms with van der Waals surface area (Å²) in [5.41, 5.74) is 1.15. The van der Waals surface area contributed by atoms with Crippen LogP contribution in [0.4, 0.5) is 4.79 Å². The summed E-state index contributed by atoms with van der Waals surface area (Å²) < 4.78 is 4.66. The number of halogens is 1. The van der Waals surface area contributed by atoms with Gasteiger partial charge in [0.1, 0.15) is 0 Å². The Bertz CT molecular complexity index is 458. The second-order valence-corrected chi connectivity index (χ2v) is 5.72. The van der Waals surface area contributed by atoms with Crippen LogP contribution in [0, 0.1) is 0 Å². The van der Waals surface area contributed by atoms with E-state index in [1.807, 2.05) is 24.3 Å². The average molecular weight is 312 g/mol. The minimum atomic E-state index is -0.400. The number of likely N-dealkylation sites (N-methyl/N-ethyl adjacent to an activating group) is 1. The van der Waals surface area contributed by atoms with E-state index in [1.165, 1.54) is 7.11 Å². The summed E-state index contributed by atoms with van der Waals surface area (Å²) >= 11 is 5.96. The molecule has 1 saturated heterocycles. The van der Waals surface area contributed by atoms with Gasteiger partial charge in [-0.15, -0.1) is 0 Å². The van der Waals surface area contributed by atoms with E-state index in [1.54, 1.807) is 0 Å². The molecule has 0 bridgehead atoms. The molecule has 0 aliphatic carbocycles. The van der Waals surface area contributed by atoms with Gasteiger partial charge in [-0.25, -0.2) is 4.79 Å². The number of nitrogens with one attached hydrogen (secondary N) is 1. The van der Waals surface area contributed by atoms with Crippen LogP contribution in [0.25, 0.3) is 0 Å². The summed E-state index contributed by atoms with van der Waals surface area (Å²) in [6.45, 7) is 4.54. The van der Waals surface area contributed by atoms with Gasteiger partial charge in [0, 0.05) is 37.7 Å². The minimum Gasteiger partial charge on any atom is -0.453 e. The van der Waals surface area contributed by atoms with Crippen molar-refractivity contribution in [2.45, 2.75) is 6.04 Å². The molecule has 1 fully saturated rings. The first-order chi connectivity index (χ1) is 10.1. The van der Waals surface area contributed by atoms with Gasteiger partial charge < -0.3 is 15.0 Å². The topological polar surface area (TPSA) is 44.8 Å². The van der Waals surface area contributed by atoms with Crippen LogP contribution in [0.1, 0.15) is 11.6 Å². The molecule has 0 saturated carbocycles. The molecule has 0 spiro atoms. The number of hydrogen-bond donors (Lipinski definition) is 1. The van der Waals surface area contributed by atoms with Crippen LogP contribution in [0.2, 0.25) is 5.02 Å². The predicted molar refractivity (Wildman–Crippen MR) is 83.7 cm³/mol. The number of methoxy groups -OCH3 is 1. The van der Waals surface area contributed by atoms with Gasteiger partial charge >= 0.3 is 6.09 Å². The molecule has 1 aromatic rings. The Hall–Kier alpha value is -1.30. The van der Waals surface area contributed by atoms with E-state index in [4.69, 9.17) is 11.6 Å². The molecule has 2 rings (SSSR count). The average Bonchev–Trinajstić information content (AvgIpc) is 2.50. The summed E-state index contributed by atoms with van der Waals surface area (Å²) in [6, 6.07) is 7.94. The quantitative estimate of drug-likeness (QED) is 0.923. The summed E-state index contributed by atoms with van der Waals surface area (Å²) in [7, 11) is 3.50. The van der Waals surface area contributed by atoms with Gasteiger partial charge in [-0.1, -0.05) is 23.7 Å². The molecule has 1 aliphatic rings. The molecular weight excluding hydrogens is 290 g/mol. The van der Waals surface area contributed by atoms with Crippen molar-refractivity contribution in [2.75, 3.05) is 46.9 Å². The van der Waals surface area contributed by atoms with Gasteiger partial charge in [0.2, 0.25) is 0 Å². The van der Waals surface area contributed by atoms with E-state index < -0.39 is 6.09 Å². The molecule has 6 heteroatoms. The normalized spacial score (nSPS) is 18.2. The zero-order chi connectivity index (χ0) is 15.2. The van der Waals surface area contributed by atoms with Gasteiger partial charge in [0.05, 0.1) is 13.2 Å². The van der Waals surface area contributed by atoms with Crippen molar-refractivity contribution in [3.05, 3.63) is 34.9 Å². The van der Waals surface area contributed by atoms with E-state index in [-0.39, 0.29) is 6.04 Å². The summed E-state index contributed by atoms with van der Waals surface area (Å²) in [4.78, 5) is 16.1. The number of hydrogen-bond acceptors (Lipinski definition) is 4. The molecule has 0 radical (unpaired) electrons. The van der Waals surface area contributed by atoms with Crippen molar-refractivity contribution in [3.8, 4) is 0 Å². The number of carbonyl (C=O) groups excluding carboxylic acids is 1. The maximum atomic E-state index is 11.4. The summed E-state index contributed by atoms with van der Waals surface area (Å²) in [6.07, 6.45) is -0.400. The van der Waals surface area contributed by atoms with E-state index >= 15 is 0 Å². The highest BCUT2D eigenvalue weighted by atomic mass is 35.5. The molecule has 1 aliphatic heterocycles. The lowest BCUT2D eigenvalue weighted by Crippen LogP contribution is -2.48. The Morgan fingerprint density at radius 1 is 1.29 bits per heavy atom. The first-order valence-electron chi connectivity index (χ1n) is 7.10. The molecular formula is C15H22ClN3O2. The molecule has 5 nitrogen and oxygen atoms in total. The monoisotopic (exact) mass is 311 g/mol. The molecule has 1 atom stereocenters. The lowest BCUT2D eigenvalue weighted by Gasteiger charge is -2.38.